The molecule has 0 radical (unpaired) electrons. The average molecular weight is 390 g/mol. The highest BCUT2D eigenvalue weighted by Gasteiger charge is 2.31. The fraction of sp³-hybridized carbons (Fsp3) is 0.318. The van der Waals surface area contributed by atoms with Gasteiger partial charge in [-0.3, -0.25) is 9.69 Å². The fourth-order valence-corrected chi connectivity index (χ4v) is 3.52. The van der Waals surface area contributed by atoms with Crippen molar-refractivity contribution in [1.29, 1.82) is 0 Å². The molecule has 7 heteroatoms. The zero-order valence-electron chi connectivity index (χ0n) is 16.1. The summed E-state index contributed by atoms with van der Waals surface area (Å²) in [4.78, 5) is 33.3. The van der Waals surface area contributed by atoms with Crippen molar-refractivity contribution in [2.45, 2.75) is 19.3 Å². The molecule has 0 aliphatic carbocycles. The van der Waals surface area contributed by atoms with Crippen LogP contribution in [0.3, 0.4) is 0 Å². The maximum atomic E-state index is 12.9. The molecule has 1 fully saturated rings. The number of hydrogen-bond acceptors (Lipinski definition) is 5. The Morgan fingerprint density at radius 1 is 1.10 bits per heavy atom. The van der Waals surface area contributed by atoms with E-state index in [1.54, 1.807) is 42.6 Å². The lowest BCUT2D eigenvalue weighted by Gasteiger charge is -2.23. The van der Waals surface area contributed by atoms with Gasteiger partial charge in [0.15, 0.2) is 12.4 Å². The molecule has 29 heavy (non-hydrogen) atoms. The Morgan fingerprint density at radius 3 is 2.79 bits per heavy atom. The van der Waals surface area contributed by atoms with Crippen LogP contribution < -0.4 is 10.2 Å². The second-order valence-electron chi connectivity index (χ2n) is 6.93. The molecule has 1 aromatic heterocycles. The third-order valence-corrected chi connectivity index (χ3v) is 4.96. The van der Waals surface area contributed by atoms with E-state index < -0.39 is 6.09 Å². The Kier molecular flexibility index (Phi) is 5.73. The van der Waals surface area contributed by atoms with Crippen LogP contribution in [0.15, 0.2) is 42.6 Å². The molecule has 0 unspecified atom stereocenters. The van der Waals surface area contributed by atoms with Gasteiger partial charge in [0.05, 0.1) is 23.5 Å². The largest absolute Gasteiger partial charge is 0.436 e. The molecule has 0 spiro atoms. The van der Waals surface area contributed by atoms with Crippen LogP contribution >= 0.6 is 0 Å². The minimum absolute atomic E-state index is 0.0190. The Labute approximate surface area is 169 Å². The van der Waals surface area contributed by atoms with E-state index in [1.807, 2.05) is 0 Å². The summed E-state index contributed by atoms with van der Waals surface area (Å²) in [6.45, 7) is 2.81. The van der Waals surface area contributed by atoms with E-state index in [-0.39, 0.29) is 12.5 Å². The van der Waals surface area contributed by atoms with Crippen LogP contribution in [-0.2, 0) is 4.74 Å². The standard InChI is InChI=1S/C22H22N4O3/c27-21-17-9-2-3-11-19(17)26(20-18(24-21)10-8-12-23-20)22(28)29-16-7-6-15-25-13-4-1-5-14-25/h2-3,8-12H,1,4-5,13-16H2,(H,24,27). The van der Waals surface area contributed by atoms with Gasteiger partial charge in [0, 0.05) is 6.20 Å². The van der Waals surface area contributed by atoms with E-state index in [4.69, 9.17) is 4.74 Å². The fourth-order valence-electron chi connectivity index (χ4n) is 3.52. The first-order valence-corrected chi connectivity index (χ1v) is 9.74. The average Bonchev–Trinajstić information content (AvgIpc) is 2.88. The molecule has 2 amide bonds. The quantitative estimate of drug-likeness (QED) is 0.796. The van der Waals surface area contributed by atoms with Crippen LogP contribution in [-0.4, -0.2) is 48.1 Å². The van der Waals surface area contributed by atoms with Gasteiger partial charge < -0.3 is 10.1 Å². The number of rotatable bonds is 2. The summed E-state index contributed by atoms with van der Waals surface area (Å²) in [6.07, 6.45) is 4.65. The maximum Gasteiger partial charge on any atom is 0.421 e. The van der Waals surface area contributed by atoms with Crippen LogP contribution in [0.4, 0.5) is 22.0 Å². The van der Waals surface area contributed by atoms with Gasteiger partial charge in [-0.2, -0.15) is 0 Å². The SMILES string of the molecule is O=C1Nc2cccnc2N(C(=O)OCC#CCN2CCCCC2)c2ccccc21. The predicted molar refractivity (Wildman–Crippen MR) is 110 cm³/mol. The first-order valence-electron chi connectivity index (χ1n) is 9.74. The lowest BCUT2D eigenvalue weighted by atomic mass is 10.1. The third-order valence-electron chi connectivity index (χ3n) is 4.96. The lowest BCUT2D eigenvalue weighted by Crippen LogP contribution is -2.30. The second kappa shape index (κ2) is 8.76. The zero-order chi connectivity index (χ0) is 20.1. The minimum Gasteiger partial charge on any atom is -0.436 e. The number of carbonyl (C=O) groups is 2. The summed E-state index contributed by atoms with van der Waals surface area (Å²) in [7, 11) is 0. The number of carbonyl (C=O) groups excluding carboxylic acids is 2. The van der Waals surface area contributed by atoms with Crippen molar-refractivity contribution in [1.82, 2.24) is 9.88 Å². The van der Waals surface area contributed by atoms with Crippen molar-refractivity contribution >= 4 is 29.2 Å². The summed E-state index contributed by atoms with van der Waals surface area (Å²) in [5.74, 6) is 6.00. The van der Waals surface area contributed by atoms with Gasteiger partial charge in [-0.25, -0.2) is 14.7 Å². The number of para-hydroxylation sites is 1. The van der Waals surface area contributed by atoms with E-state index in [2.05, 4.69) is 27.0 Å². The molecule has 1 N–H and O–H groups in total. The van der Waals surface area contributed by atoms with E-state index in [0.717, 1.165) is 13.1 Å². The number of pyridine rings is 1. The normalized spacial score (nSPS) is 15.9. The van der Waals surface area contributed by atoms with Gasteiger partial charge in [0.1, 0.15) is 0 Å². The van der Waals surface area contributed by atoms with Gasteiger partial charge in [-0.1, -0.05) is 30.4 Å². The molecular formula is C22H22N4O3. The Bertz CT molecular complexity index is 973. The molecule has 2 aromatic rings. The number of amides is 2. The summed E-state index contributed by atoms with van der Waals surface area (Å²) in [6, 6.07) is 10.3. The number of ether oxygens (including phenoxy) is 1. The van der Waals surface area contributed by atoms with Crippen LogP contribution in [0.1, 0.15) is 29.6 Å². The van der Waals surface area contributed by atoms with Crippen molar-refractivity contribution < 1.29 is 14.3 Å². The van der Waals surface area contributed by atoms with Crippen molar-refractivity contribution in [3.63, 3.8) is 0 Å². The number of piperidine rings is 1. The Hall–Kier alpha value is -3.37. The first kappa shape index (κ1) is 19.0. The topological polar surface area (TPSA) is 74.8 Å². The number of likely N-dealkylation sites (tertiary alicyclic amines) is 1. The number of nitrogens with one attached hydrogen (secondary N) is 1. The number of nitrogens with zero attached hydrogens (tertiary/aromatic N) is 3. The number of hydrogen-bond donors (Lipinski definition) is 1. The highest BCUT2D eigenvalue weighted by atomic mass is 16.6. The van der Waals surface area contributed by atoms with Crippen molar-refractivity contribution in [2.24, 2.45) is 0 Å². The van der Waals surface area contributed by atoms with Crippen molar-refractivity contribution in [3.8, 4) is 11.8 Å². The van der Waals surface area contributed by atoms with E-state index >= 15 is 0 Å². The van der Waals surface area contributed by atoms with Crippen molar-refractivity contribution in [3.05, 3.63) is 48.2 Å². The highest BCUT2D eigenvalue weighted by molar-refractivity contribution is 6.16. The van der Waals surface area contributed by atoms with E-state index in [0.29, 0.717) is 29.3 Å². The monoisotopic (exact) mass is 390 g/mol. The Balaban J connectivity index is 1.50. The molecule has 0 atom stereocenters. The first-order chi connectivity index (χ1) is 14.2. The van der Waals surface area contributed by atoms with Crippen LogP contribution in [0.5, 0.6) is 0 Å². The van der Waals surface area contributed by atoms with E-state index in [1.165, 1.54) is 24.2 Å². The molecule has 148 valence electrons. The molecule has 3 heterocycles. The van der Waals surface area contributed by atoms with Crippen LogP contribution in [0.2, 0.25) is 0 Å². The van der Waals surface area contributed by atoms with E-state index in [9.17, 15) is 9.59 Å². The molecule has 7 nitrogen and oxygen atoms in total. The molecule has 2 aliphatic heterocycles. The summed E-state index contributed by atoms with van der Waals surface area (Å²) in [5, 5.41) is 2.79. The van der Waals surface area contributed by atoms with Gasteiger partial charge >= 0.3 is 6.09 Å². The zero-order valence-corrected chi connectivity index (χ0v) is 16.1. The summed E-state index contributed by atoms with van der Waals surface area (Å²) >= 11 is 0. The van der Waals surface area contributed by atoms with Crippen molar-refractivity contribution in [2.75, 3.05) is 36.5 Å². The number of fused-ring (bicyclic) bond motifs is 2. The highest BCUT2D eigenvalue weighted by Crippen LogP contribution is 2.36. The molecule has 0 saturated carbocycles. The smallest absolute Gasteiger partial charge is 0.421 e. The van der Waals surface area contributed by atoms with Gasteiger partial charge in [0.2, 0.25) is 0 Å². The molecular weight excluding hydrogens is 368 g/mol. The summed E-state index contributed by atoms with van der Waals surface area (Å²) < 4.78 is 5.39. The summed E-state index contributed by atoms with van der Waals surface area (Å²) in [5.41, 5.74) is 1.24. The van der Waals surface area contributed by atoms with Gasteiger partial charge in [-0.15, -0.1) is 0 Å². The number of anilines is 3. The second-order valence-corrected chi connectivity index (χ2v) is 6.93. The number of benzene rings is 1. The van der Waals surface area contributed by atoms with Gasteiger partial charge in [0.25, 0.3) is 5.91 Å². The lowest BCUT2D eigenvalue weighted by molar-refractivity contribution is 0.102. The number of aromatic nitrogens is 1. The molecule has 0 bridgehead atoms. The molecule has 2 aliphatic rings. The molecule has 1 aromatic carbocycles. The van der Waals surface area contributed by atoms with Crippen LogP contribution in [0, 0.1) is 11.8 Å². The molecule has 1 saturated heterocycles. The predicted octanol–water partition coefficient (Wildman–Crippen LogP) is 3.41. The Morgan fingerprint density at radius 2 is 1.93 bits per heavy atom. The van der Waals surface area contributed by atoms with Crippen LogP contribution in [0.25, 0.3) is 0 Å². The third kappa shape index (κ3) is 4.23. The van der Waals surface area contributed by atoms with Gasteiger partial charge in [-0.05, 0) is 50.2 Å². The molecule has 4 rings (SSSR count). The maximum absolute atomic E-state index is 12.9. The minimum atomic E-state index is -0.624.